The molecule has 0 saturated carbocycles. The fraction of sp³-hybridized carbons (Fsp3) is 0.333. The second kappa shape index (κ2) is 5.72. The predicted octanol–water partition coefficient (Wildman–Crippen LogP) is 2.13. The van der Waals surface area contributed by atoms with E-state index in [0.29, 0.717) is 6.54 Å². The van der Waals surface area contributed by atoms with Crippen molar-refractivity contribution in [1.29, 1.82) is 0 Å². The molecule has 0 saturated heterocycles. The van der Waals surface area contributed by atoms with Gasteiger partial charge in [0.15, 0.2) is 0 Å². The largest absolute Gasteiger partial charge is 0.329 e. The summed E-state index contributed by atoms with van der Waals surface area (Å²) in [6.07, 6.45) is 0. The number of benzene rings is 1. The van der Waals surface area contributed by atoms with E-state index in [1.807, 2.05) is 6.92 Å². The van der Waals surface area contributed by atoms with Gasteiger partial charge in [-0.2, -0.15) is 0 Å². The molecule has 0 aliphatic carbocycles. The van der Waals surface area contributed by atoms with Crippen LogP contribution in [0.5, 0.6) is 0 Å². The molecule has 0 radical (unpaired) electrons. The molecule has 0 bridgehead atoms. The number of nitrogens with two attached hydrogens (primary N) is 1. The highest BCUT2D eigenvalue weighted by molar-refractivity contribution is 5.23. The van der Waals surface area contributed by atoms with E-state index in [0.717, 1.165) is 23.8 Å². The Labute approximate surface area is 94.2 Å². The second-order valence-corrected chi connectivity index (χ2v) is 3.79. The van der Waals surface area contributed by atoms with Crippen LogP contribution >= 0.6 is 0 Å². The summed E-state index contributed by atoms with van der Waals surface area (Å²) in [5.41, 5.74) is 6.69. The molecular formula is C12H16F2N2. The quantitative estimate of drug-likeness (QED) is 0.755. The highest BCUT2D eigenvalue weighted by atomic mass is 19.1. The normalized spacial score (nSPS) is 12.5. The van der Waals surface area contributed by atoms with Gasteiger partial charge in [0.2, 0.25) is 0 Å². The maximum absolute atomic E-state index is 13.4. The zero-order valence-corrected chi connectivity index (χ0v) is 9.26. The highest BCUT2D eigenvalue weighted by Crippen LogP contribution is 2.17. The van der Waals surface area contributed by atoms with Crippen molar-refractivity contribution >= 4 is 0 Å². The van der Waals surface area contributed by atoms with Crippen molar-refractivity contribution in [2.24, 2.45) is 5.73 Å². The van der Waals surface area contributed by atoms with E-state index in [1.54, 1.807) is 0 Å². The summed E-state index contributed by atoms with van der Waals surface area (Å²) in [4.78, 5) is 0. The first-order valence-corrected chi connectivity index (χ1v) is 5.07. The Balaban J connectivity index is 2.85. The van der Waals surface area contributed by atoms with Gasteiger partial charge in [0.25, 0.3) is 0 Å². The van der Waals surface area contributed by atoms with Gasteiger partial charge < -0.3 is 11.1 Å². The molecular weight excluding hydrogens is 210 g/mol. The summed E-state index contributed by atoms with van der Waals surface area (Å²) >= 11 is 0. The summed E-state index contributed by atoms with van der Waals surface area (Å²) in [5.74, 6) is -0.918. The van der Waals surface area contributed by atoms with Crippen molar-refractivity contribution in [2.75, 3.05) is 13.1 Å². The van der Waals surface area contributed by atoms with Crippen LogP contribution in [0.25, 0.3) is 0 Å². The van der Waals surface area contributed by atoms with E-state index in [-0.39, 0.29) is 12.1 Å². The van der Waals surface area contributed by atoms with E-state index in [9.17, 15) is 8.78 Å². The van der Waals surface area contributed by atoms with Gasteiger partial charge in [-0.05, 0) is 25.1 Å². The summed E-state index contributed by atoms with van der Waals surface area (Å²) in [5, 5.41) is 3.02. The van der Waals surface area contributed by atoms with Crippen LogP contribution in [-0.2, 0) is 0 Å². The van der Waals surface area contributed by atoms with E-state index in [2.05, 4.69) is 11.9 Å². The molecule has 0 aliphatic rings. The fourth-order valence-corrected chi connectivity index (χ4v) is 1.40. The third-order valence-electron chi connectivity index (χ3n) is 2.22. The molecule has 0 aromatic heterocycles. The molecule has 3 N–H and O–H groups in total. The maximum atomic E-state index is 13.4. The number of rotatable bonds is 5. The number of hydrogen-bond donors (Lipinski definition) is 2. The van der Waals surface area contributed by atoms with Crippen LogP contribution in [0, 0.1) is 11.6 Å². The summed E-state index contributed by atoms with van der Waals surface area (Å²) in [7, 11) is 0. The highest BCUT2D eigenvalue weighted by Gasteiger charge is 2.14. The van der Waals surface area contributed by atoms with Crippen molar-refractivity contribution in [2.45, 2.75) is 13.0 Å². The Kier molecular flexibility index (Phi) is 4.58. The molecule has 0 spiro atoms. The van der Waals surface area contributed by atoms with Gasteiger partial charge in [-0.1, -0.05) is 12.2 Å². The Bertz CT molecular complexity index is 377. The van der Waals surface area contributed by atoms with Crippen LogP contribution in [0.3, 0.4) is 0 Å². The minimum Gasteiger partial charge on any atom is -0.329 e. The van der Waals surface area contributed by atoms with Gasteiger partial charge in [0, 0.05) is 24.7 Å². The van der Waals surface area contributed by atoms with Crippen LogP contribution in [0.2, 0.25) is 0 Å². The van der Waals surface area contributed by atoms with Gasteiger partial charge >= 0.3 is 0 Å². The topological polar surface area (TPSA) is 38.0 Å². The zero-order valence-electron chi connectivity index (χ0n) is 9.26. The predicted molar refractivity (Wildman–Crippen MR) is 61.0 cm³/mol. The van der Waals surface area contributed by atoms with E-state index in [1.165, 1.54) is 0 Å². The van der Waals surface area contributed by atoms with E-state index < -0.39 is 17.7 Å². The lowest BCUT2D eigenvalue weighted by Gasteiger charge is -2.18. The van der Waals surface area contributed by atoms with Gasteiger partial charge in [0.1, 0.15) is 11.6 Å². The number of hydrogen-bond acceptors (Lipinski definition) is 2. The number of halogens is 2. The first-order valence-electron chi connectivity index (χ1n) is 5.07. The lowest BCUT2D eigenvalue weighted by Crippen LogP contribution is -2.30. The second-order valence-electron chi connectivity index (χ2n) is 3.79. The Morgan fingerprint density at radius 1 is 1.50 bits per heavy atom. The molecule has 1 atom stereocenters. The molecule has 0 heterocycles. The smallest absolute Gasteiger partial charge is 0.128 e. The molecule has 2 nitrogen and oxygen atoms in total. The lowest BCUT2D eigenvalue weighted by molar-refractivity contribution is 0.514. The first kappa shape index (κ1) is 12.8. The van der Waals surface area contributed by atoms with Crippen molar-refractivity contribution < 1.29 is 8.78 Å². The molecule has 88 valence electrons. The molecule has 1 aromatic rings. The SMILES string of the molecule is C=C(C)CNC(CN)c1cc(F)ccc1F. The van der Waals surface area contributed by atoms with Crippen LogP contribution < -0.4 is 11.1 Å². The minimum absolute atomic E-state index is 0.202. The average Bonchev–Trinajstić information content (AvgIpc) is 2.23. The fourth-order valence-electron chi connectivity index (χ4n) is 1.40. The van der Waals surface area contributed by atoms with Gasteiger partial charge in [-0.3, -0.25) is 0 Å². The van der Waals surface area contributed by atoms with Gasteiger partial charge in [0.05, 0.1) is 0 Å². The van der Waals surface area contributed by atoms with E-state index >= 15 is 0 Å². The van der Waals surface area contributed by atoms with Gasteiger partial charge in [-0.25, -0.2) is 8.78 Å². The molecule has 1 unspecified atom stereocenters. The van der Waals surface area contributed by atoms with Crippen molar-refractivity contribution in [3.05, 3.63) is 47.5 Å². The van der Waals surface area contributed by atoms with Crippen LogP contribution in [0.4, 0.5) is 8.78 Å². The monoisotopic (exact) mass is 226 g/mol. The standard InChI is InChI=1S/C12H16F2N2/c1-8(2)7-16-12(6-15)10-5-9(13)3-4-11(10)14/h3-5,12,16H,1,6-7,15H2,2H3. The Hall–Kier alpha value is -1.26. The van der Waals surface area contributed by atoms with Crippen LogP contribution in [-0.4, -0.2) is 13.1 Å². The molecule has 0 amide bonds. The van der Waals surface area contributed by atoms with E-state index in [4.69, 9.17) is 5.73 Å². The molecule has 0 fully saturated rings. The Morgan fingerprint density at radius 3 is 2.75 bits per heavy atom. The Morgan fingerprint density at radius 2 is 2.19 bits per heavy atom. The lowest BCUT2D eigenvalue weighted by atomic mass is 10.1. The zero-order chi connectivity index (χ0) is 12.1. The molecule has 1 rings (SSSR count). The van der Waals surface area contributed by atoms with Crippen molar-refractivity contribution in [3.63, 3.8) is 0 Å². The summed E-state index contributed by atoms with van der Waals surface area (Å²) < 4.78 is 26.4. The van der Waals surface area contributed by atoms with Crippen molar-refractivity contribution in [1.82, 2.24) is 5.32 Å². The molecule has 16 heavy (non-hydrogen) atoms. The third-order valence-corrected chi connectivity index (χ3v) is 2.22. The first-order chi connectivity index (χ1) is 7.54. The summed E-state index contributed by atoms with van der Waals surface area (Å²) in [6, 6.07) is 2.96. The van der Waals surface area contributed by atoms with Gasteiger partial charge in [-0.15, -0.1) is 0 Å². The summed E-state index contributed by atoms with van der Waals surface area (Å²) in [6.45, 7) is 6.30. The molecule has 0 aliphatic heterocycles. The van der Waals surface area contributed by atoms with Crippen molar-refractivity contribution in [3.8, 4) is 0 Å². The number of nitrogens with one attached hydrogen (secondary N) is 1. The maximum Gasteiger partial charge on any atom is 0.128 e. The van der Waals surface area contributed by atoms with Crippen LogP contribution in [0.1, 0.15) is 18.5 Å². The van der Waals surface area contributed by atoms with Crippen LogP contribution in [0.15, 0.2) is 30.4 Å². The average molecular weight is 226 g/mol. The molecule has 1 aromatic carbocycles. The molecule has 4 heteroatoms. The third kappa shape index (κ3) is 3.40. The minimum atomic E-state index is -0.466.